The lowest BCUT2D eigenvalue weighted by atomic mass is 10.0. The van der Waals surface area contributed by atoms with E-state index in [1.54, 1.807) is 24.4 Å². The first-order chi connectivity index (χ1) is 19.2. The molecule has 0 radical (unpaired) electrons. The van der Waals surface area contributed by atoms with Crippen LogP contribution in [0.3, 0.4) is 0 Å². The maximum Gasteiger partial charge on any atom is 0.416 e. The van der Waals surface area contributed by atoms with Gasteiger partial charge in [-0.3, -0.25) is 14.1 Å². The van der Waals surface area contributed by atoms with Gasteiger partial charge in [0.1, 0.15) is 11.3 Å². The lowest BCUT2D eigenvalue weighted by Gasteiger charge is -2.34. The summed E-state index contributed by atoms with van der Waals surface area (Å²) in [4.78, 5) is 21.7. The summed E-state index contributed by atoms with van der Waals surface area (Å²) in [5.74, 6) is 5.69. The third kappa shape index (κ3) is 6.19. The minimum absolute atomic E-state index is 0.0933. The summed E-state index contributed by atoms with van der Waals surface area (Å²) in [5, 5.41) is 2.63. The highest BCUT2D eigenvalue weighted by Crippen LogP contribution is 2.34. The van der Waals surface area contributed by atoms with Crippen molar-refractivity contribution < 1.29 is 18.0 Å². The summed E-state index contributed by atoms with van der Waals surface area (Å²) in [7, 11) is 0. The molecular weight excluding hydrogens is 515 g/mol. The van der Waals surface area contributed by atoms with E-state index < -0.39 is 17.6 Å². The fraction of sp³-hybridized carbons (Fsp3) is 0.290. The Morgan fingerprint density at radius 3 is 2.52 bits per heavy atom. The molecule has 1 saturated heterocycles. The van der Waals surface area contributed by atoms with Crippen LogP contribution < -0.4 is 5.32 Å². The van der Waals surface area contributed by atoms with Gasteiger partial charge in [0.15, 0.2) is 0 Å². The highest BCUT2D eigenvalue weighted by atomic mass is 19.4. The number of hydrogen-bond donors (Lipinski definition) is 1. The number of benzene rings is 2. The molecule has 206 valence electrons. The zero-order chi connectivity index (χ0) is 28.3. The molecule has 5 rings (SSSR count). The molecule has 0 spiro atoms. The van der Waals surface area contributed by atoms with Gasteiger partial charge in [0.25, 0.3) is 5.91 Å². The van der Waals surface area contributed by atoms with Gasteiger partial charge in [-0.25, -0.2) is 4.98 Å². The number of imidazole rings is 1. The molecule has 40 heavy (non-hydrogen) atoms. The zero-order valence-corrected chi connectivity index (χ0v) is 22.4. The lowest BCUT2D eigenvalue weighted by Crippen LogP contribution is -2.45. The molecule has 1 aliphatic heterocycles. The first kappa shape index (κ1) is 27.4. The van der Waals surface area contributed by atoms with Gasteiger partial charge in [0.2, 0.25) is 0 Å². The molecule has 0 saturated carbocycles. The van der Waals surface area contributed by atoms with Gasteiger partial charge < -0.3 is 10.2 Å². The van der Waals surface area contributed by atoms with E-state index in [0.29, 0.717) is 16.8 Å². The van der Waals surface area contributed by atoms with E-state index in [1.807, 2.05) is 40.6 Å². The zero-order valence-electron chi connectivity index (χ0n) is 22.4. The SMILES string of the molecule is CCN1CCN(Cc2ccc(NC(=O)c3ccc(C)c(C#Cc4cnc5ccccn45)c3)cc2C(F)(F)F)CC1. The van der Waals surface area contributed by atoms with Crippen molar-refractivity contribution in [1.29, 1.82) is 0 Å². The predicted molar refractivity (Wildman–Crippen MR) is 149 cm³/mol. The molecule has 0 bridgehead atoms. The minimum Gasteiger partial charge on any atom is -0.322 e. The number of carbonyl (C=O) groups excluding carboxylic acids is 1. The van der Waals surface area contributed by atoms with Crippen molar-refractivity contribution in [3.8, 4) is 11.8 Å². The van der Waals surface area contributed by atoms with Gasteiger partial charge in [0.05, 0.1) is 11.8 Å². The molecule has 2 aromatic heterocycles. The number of alkyl halides is 3. The highest BCUT2D eigenvalue weighted by molar-refractivity contribution is 6.04. The van der Waals surface area contributed by atoms with Gasteiger partial charge >= 0.3 is 6.18 Å². The molecule has 3 heterocycles. The number of nitrogens with zero attached hydrogens (tertiary/aromatic N) is 4. The molecule has 9 heteroatoms. The van der Waals surface area contributed by atoms with Crippen molar-refractivity contribution >= 4 is 17.2 Å². The van der Waals surface area contributed by atoms with Gasteiger partial charge in [-0.15, -0.1) is 0 Å². The van der Waals surface area contributed by atoms with E-state index in [-0.39, 0.29) is 17.8 Å². The summed E-state index contributed by atoms with van der Waals surface area (Å²) in [6.45, 7) is 8.25. The standard InChI is InChI=1S/C31H30F3N5O/c1-3-37-14-16-38(17-15-37)21-25-9-11-26(19-28(25)31(32,33)34)36-30(40)24-8-7-22(2)23(18-24)10-12-27-20-35-29-6-4-5-13-39(27)29/h4-9,11,13,18-20H,3,14-17,21H2,1-2H3,(H,36,40). The Kier molecular flexibility index (Phi) is 7.92. The quantitative estimate of drug-likeness (QED) is 0.339. The number of fused-ring (bicyclic) bond motifs is 1. The van der Waals surface area contributed by atoms with Crippen LogP contribution in [0.25, 0.3) is 5.65 Å². The monoisotopic (exact) mass is 545 g/mol. The third-order valence-electron chi connectivity index (χ3n) is 7.22. The smallest absolute Gasteiger partial charge is 0.322 e. The van der Waals surface area contributed by atoms with E-state index in [4.69, 9.17) is 0 Å². The summed E-state index contributed by atoms with van der Waals surface area (Å²) in [5.41, 5.74) is 2.88. The molecule has 2 aromatic carbocycles. The molecule has 1 aliphatic rings. The van der Waals surface area contributed by atoms with E-state index in [9.17, 15) is 18.0 Å². The van der Waals surface area contributed by atoms with Crippen LogP contribution in [0.1, 0.15) is 45.2 Å². The predicted octanol–water partition coefficient (Wildman–Crippen LogP) is 5.45. The van der Waals surface area contributed by atoms with Crippen molar-refractivity contribution in [1.82, 2.24) is 19.2 Å². The van der Waals surface area contributed by atoms with Gasteiger partial charge in [0, 0.05) is 55.7 Å². The molecule has 4 aromatic rings. The van der Waals surface area contributed by atoms with E-state index in [1.165, 1.54) is 12.1 Å². The number of hydrogen-bond acceptors (Lipinski definition) is 4. The number of aromatic nitrogens is 2. The van der Waals surface area contributed by atoms with Crippen molar-refractivity contribution in [2.75, 3.05) is 38.0 Å². The molecule has 0 atom stereocenters. The molecule has 1 N–H and O–H groups in total. The largest absolute Gasteiger partial charge is 0.416 e. The van der Waals surface area contributed by atoms with Gasteiger partial charge in [-0.1, -0.05) is 31.0 Å². The van der Waals surface area contributed by atoms with Crippen LogP contribution in [0.15, 0.2) is 67.0 Å². The second kappa shape index (κ2) is 11.5. The van der Waals surface area contributed by atoms with E-state index in [0.717, 1.165) is 50.0 Å². The normalized spacial score (nSPS) is 14.6. The van der Waals surface area contributed by atoms with Crippen LogP contribution in [0, 0.1) is 18.8 Å². The first-order valence-corrected chi connectivity index (χ1v) is 13.2. The lowest BCUT2D eigenvalue weighted by molar-refractivity contribution is -0.138. The van der Waals surface area contributed by atoms with Crippen LogP contribution in [0.4, 0.5) is 18.9 Å². The maximum atomic E-state index is 14.0. The number of carbonyl (C=O) groups is 1. The Labute approximate surface area is 231 Å². The Morgan fingerprint density at radius 2 is 1.77 bits per heavy atom. The van der Waals surface area contributed by atoms with Crippen molar-refractivity contribution in [3.05, 3.63) is 101 Å². The number of likely N-dealkylation sites (N-methyl/N-ethyl adjacent to an activating group) is 1. The summed E-state index contributed by atoms with van der Waals surface area (Å²) in [6, 6.07) is 14.7. The Bertz CT molecular complexity index is 1590. The molecule has 0 unspecified atom stereocenters. The number of aryl methyl sites for hydroxylation is 1. The highest BCUT2D eigenvalue weighted by Gasteiger charge is 2.34. The van der Waals surface area contributed by atoms with Gasteiger partial charge in [-0.2, -0.15) is 13.2 Å². The fourth-order valence-corrected chi connectivity index (χ4v) is 4.82. The second-order valence-corrected chi connectivity index (χ2v) is 9.89. The Balaban J connectivity index is 1.33. The summed E-state index contributed by atoms with van der Waals surface area (Å²) < 4.78 is 43.9. The Morgan fingerprint density at radius 1 is 1.00 bits per heavy atom. The van der Waals surface area contributed by atoms with Crippen LogP contribution >= 0.6 is 0 Å². The number of anilines is 1. The minimum atomic E-state index is -4.54. The number of rotatable bonds is 5. The van der Waals surface area contributed by atoms with Crippen LogP contribution in [-0.2, 0) is 12.7 Å². The van der Waals surface area contributed by atoms with Crippen LogP contribution in [-0.4, -0.2) is 57.8 Å². The maximum absolute atomic E-state index is 14.0. The molecule has 1 fully saturated rings. The molecule has 0 aliphatic carbocycles. The van der Waals surface area contributed by atoms with Gasteiger partial charge in [-0.05, 0) is 66.9 Å². The topological polar surface area (TPSA) is 52.9 Å². The molecular formula is C31H30F3N5O. The van der Waals surface area contributed by atoms with Crippen molar-refractivity contribution in [2.45, 2.75) is 26.6 Å². The number of pyridine rings is 1. The molecule has 6 nitrogen and oxygen atoms in total. The van der Waals surface area contributed by atoms with Crippen molar-refractivity contribution in [2.24, 2.45) is 0 Å². The second-order valence-electron chi connectivity index (χ2n) is 9.89. The summed E-state index contributed by atoms with van der Waals surface area (Å²) >= 11 is 0. The number of piperazine rings is 1. The first-order valence-electron chi connectivity index (χ1n) is 13.2. The van der Waals surface area contributed by atoms with E-state index in [2.05, 4.69) is 34.0 Å². The third-order valence-corrected chi connectivity index (χ3v) is 7.22. The molecule has 1 amide bonds. The van der Waals surface area contributed by atoms with E-state index >= 15 is 0 Å². The van der Waals surface area contributed by atoms with Crippen LogP contribution in [0.2, 0.25) is 0 Å². The van der Waals surface area contributed by atoms with Crippen LogP contribution in [0.5, 0.6) is 0 Å². The average molecular weight is 546 g/mol. The summed E-state index contributed by atoms with van der Waals surface area (Å²) in [6.07, 6.45) is -0.983. The fourth-order valence-electron chi connectivity index (χ4n) is 4.82. The average Bonchev–Trinajstić information content (AvgIpc) is 3.36. The number of halogens is 3. The number of nitrogens with one attached hydrogen (secondary N) is 1. The number of amides is 1. The Hall–Kier alpha value is -4.13. The van der Waals surface area contributed by atoms with Crippen molar-refractivity contribution in [3.63, 3.8) is 0 Å².